The molecule has 8 heteroatoms. The van der Waals surface area contributed by atoms with Crippen LogP contribution in [0.25, 0.3) is 11.3 Å². The molecule has 0 atom stereocenters. The van der Waals surface area contributed by atoms with Gasteiger partial charge in [0, 0.05) is 61.8 Å². The van der Waals surface area contributed by atoms with Crippen molar-refractivity contribution in [2.24, 2.45) is 5.92 Å². The van der Waals surface area contributed by atoms with E-state index in [1.807, 2.05) is 18.3 Å². The lowest BCUT2D eigenvalue weighted by molar-refractivity contribution is 0.122. The summed E-state index contributed by atoms with van der Waals surface area (Å²) in [6.45, 7) is 8.06. The van der Waals surface area contributed by atoms with Crippen molar-refractivity contribution in [3.05, 3.63) is 48.2 Å². The minimum absolute atomic E-state index is 0.244. The second-order valence-corrected chi connectivity index (χ2v) is 9.99. The van der Waals surface area contributed by atoms with Crippen LogP contribution >= 0.6 is 0 Å². The molecular weight excluding hydrogens is 452 g/mol. The molecule has 2 aromatic heterocycles. The molecular formula is C28H34N6O2. The first-order chi connectivity index (χ1) is 17.7. The highest BCUT2D eigenvalue weighted by atomic mass is 16.5. The summed E-state index contributed by atoms with van der Waals surface area (Å²) in [6.07, 6.45) is 6.55. The average molecular weight is 487 g/mol. The number of rotatable bonds is 8. The molecule has 8 nitrogen and oxygen atoms in total. The van der Waals surface area contributed by atoms with Gasteiger partial charge in [-0.05, 0) is 49.8 Å². The Morgan fingerprint density at radius 3 is 2.72 bits per heavy atom. The molecule has 2 aliphatic heterocycles. The lowest BCUT2D eigenvalue weighted by Crippen LogP contribution is -2.37. The van der Waals surface area contributed by atoms with Crippen molar-refractivity contribution in [2.75, 3.05) is 60.6 Å². The van der Waals surface area contributed by atoms with E-state index >= 15 is 0 Å². The maximum absolute atomic E-state index is 10.2. The molecule has 4 heterocycles. The highest BCUT2D eigenvalue weighted by molar-refractivity contribution is 5.78. The van der Waals surface area contributed by atoms with Gasteiger partial charge in [-0.25, -0.2) is 9.97 Å². The molecule has 2 fully saturated rings. The molecule has 0 radical (unpaired) electrons. The molecule has 3 aromatic rings. The quantitative estimate of drug-likeness (QED) is 0.502. The van der Waals surface area contributed by atoms with Crippen molar-refractivity contribution in [3.63, 3.8) is 0 Å². The van der Waals surface area contributed by atoms with Crippen molar-refractivity contribution in [1.29, 1.82) is 0 Å². The van der Waals surface area contributed by atoms with Gasteiger partial charge in [-0.15, -0.1) is 0 Å². The number of fused-ring (bicyclic) bond motifs is 1. The van der Waals surface area contributed by atoms with E-state index in [0.29, 0.717) is 13.2 Å². The standard InChI is InChI=1S/C28H34N6O2/c1-2-11-33(19-20-6-7-20)25-18-22(8-10-29-25)34-12-9-24-26(21-4-3-5-23(35)17-21)30-28(31-27(24)34)32-13-15-36-16-14-32/h3-5,8,10,17-18,20,35H,2,6-7,9,11-16,19H2,1H3. The van der Waals surface area contributed by atoms with Crippen molar-refractivity contribution < 1.29 is 9.84 Å². The fourth-order valence-electron chi connectivity index (χ4n) is 5.22. The summed E-state index contributed by atoms with van der Waals surface area (Å²) in [7, 11) is 0. The van der Waals surface area contributed by atoms with Gasteiger partial charge in [-0.1, -0.05) is 19.1 Å². The maximum Gasteiger partial charge on any atom is 0.228 e. The van der Waals surface area contributed by atoms with Gasteiger partial charge in [0.2, 0.25) is 5.95 Å². The molecule has 3 aliphatic rings. The Hall–Kier alpha value is -3.39. The van der Waals surface area contributed by atoms with Crippen LogP contribution in [0.15, 0.2) is 42.6 Å². The Balaban J connectivity index is 1.40. The summed E-state index contributed by atoms with van der Waals surface area (Å²) in [5.74, 6) is 3.77. The molecule has 1 saturated carbocycles. The van der Waals surface area contributed by atoms with Crippen molar-refractivity contribution >= 4 is 23.3 Å². The van der Waals surface area contributed by atoms with Crippen molar-refractivity contribution in [2.45, 2.75) is 32.6 Å². The van der Waals surface area contributed by atoms with E-state index in [2.05, 4.69) is 33.8 Å². The lowest BCUT2D eigenvalue weighted by atomic mass is 10.1. The second-order valence-electron chi connectivity index (χ2n) is 9.99. The first-order valence-electron chi connectivity index (χ1n) is 13.2. The minimum Gasteiger partial charge on any atom is -0.508 e. The Bertz CT molecular complexity index is 1220. The van der Waals surface area contributed by atoms with Gasteiger partial charge in [0.05, 0.1) is 18.9 Å². The SMILES string of the molecule is CCCN(CC1CC1)c1cc(N2CCc3c(-c4cccc(O)c4)nc(N4CCOCC4)nc32)ccn1. The molecule has 0 spiro atoms. The van der Waals surface area contributed by atoms with Gasteiger partial charge in [0.15, 0.2) is 0 Å². The minimum atomic E-state index is 0.244. The molecule has 1 N–H and O–H groups in total. The van der Waals surface area contributed by atoms with Crippen LogP contribution in [0, 0.1) is 5.92 Å². The predicted octanol–water partition coefficient (Wildman–Crippen LogP) is 4.40. The molecule has 0 bridgehead atoms. The Morgan fingerprint density at radius 2 is 1.94 bits per heavy atom. The van der Waals surface area contributed by atoms with Gasteiger partial charge >= 0.3 is 0 Å². The molecule has 6 rings (SSSR count). The van der Waals surface area contributed by atoms with Crippen LogP contribution in [0.2, 0.25) is 0 Å². The Labute approximate surface area is 212 Å². The van der Waals surface area contributed by atoms with Gasteiger partial charge in [-0.2, -0.15) is 4.98 Å². The monoisotopic (exact) mass is 486 g/mol. The summed E-state index contributed by atoms with van der Waals surface area (Å²) in [6, 6.07) is 11.7. The molecule has 188 valence electrons. The first-order valence-corrected chi connectivity index (χ1v) is 13.2. The largest absolute Gasteiger partial charge is 0.508 e. The number of benzene rings is 1. The van der Waals surface area contributed by atoms with Crippen LogP contribution in [0.4, 0.5) is 23.3 Å². The van der Waals surface area contributed by atoms with Crippen LogP contribution in [0.5, 0.6) is 5.75 Å². The number of nitrogens with zero attached hydrogens (tertiary/aromatic N) is 6. The maximum atomic E-state index is 10.2. The van der Waals surface area contributed by atoms with Crippen molar-refractivity contribution in [3.8, 4) is 17.0 Å². The van der Waals surface area contributed by atoms with Gasteiger partial charge in [0.1, 0.15) is 17.4 Å². The fraction of sp³-hybridized carbons (Fsp3) is 0.464. The number of pyridine rings is 1. The van der Waals surface area contributed by atoms with Crippen LogP contribution in [-0.2, 0) is 11.2 Å². The molecule has 1 saturated heterocycles. The number of phenolic OH excluding ortho intramolecular Hbond substituents is 1. The lowest BCUT2D eigenvalue weighted by Gasteiger charge is -2.29. The third-order valence-corrected chi connectivity index (χ3v) is 7.26. The van der Waals surface area contributed by atoms with Gasteiger partial charge in [-0.3, -0.25) is 0 Å². The highest BCUT2D eigenvalue weighted by Crippen LogP contribution is 2.40. The van der Waals surface area contributed by atoms with E-state index in [4.69, 9.17) is 19.7 Å². The number of hydrogen-bond donors (Lipinski definition) is 1. The van der Waals surface area contributed by atoms with E-state index < -0.39 is 0 Å². The number of anilines is 4. The predicted molar refractivity (Wildman–Crippen MR) is 142 cm³/mol. The molecule has 1 aliphatic carbocycles. The third kappa shape index (κ3) is 4.69. The molecule has 0 amide bonds. The first kappa shape index (κ1) is 23.0. The third-order valence-electron chi connectivity index (χ3n) is 7.26. The normalized spacial score (nSPS) is 17.4. The topological polar surface area (TPSA) is 77.9 Å². The summed E-state index contributed by atoms with van der Waals surface area (Å²) in [4.78, 5) is 21.8. The van der Waals surface area contributed by atoms with E-state index in [1.54, 1.807) is 12.1 Å². The zero-order chi connectivity index (χ0) is 24.5. The van der Waals surface area contributed by atoms with Crippen LogP contribution in [0.3, 0.4) is 0 Å². The summed E-state index contributed by atoms with van der Waals surface area (Å²) < 4.78 is 5.57. The summed E-state index contributed by atoms with van der Waals surface area (Å²) >= 11 is 0. The zero-order valence-corrected chi connectivity index (χ0v) is 20.9. The van der Waals surface area contributed by atoms with Crippen LogP contribution < -0.4 is 14.7 Å². The average Bonchev–Trinajstić information content (AvgIpc) is 3.63. The number of ether oxygens (including phenoxy) is 1. The molecule has 36 heavy (non-hydrogen) atoms. The molecule has 0 unspecified atom stereocenters. The van der Waals surface area contributed by atoms with E-state index in [9.17, 15) is 5.11 Å². The van der Waals surface area contributed by atoms with Crippen molar-refractivity contribution in [1.82, 2.24) is 15.0 Å². The zero-order valence-electron chi connectivity index (χ0n) is 20.9. The number of aromatic hydroxyl groups is 1. The van der Waals surface area contributed by atoms with Gasteiger partial charge < -0.3 is 24.5 Å². The summed E-state index contributed by atoms with van der Waals surface area (Å²) in [5.41, 5.74) is 4.05. The van der Waals surface area contributed by atoms with Gasteiger partial charge in [0.25, 0.3) is 0 Å². The van der Waals surface area contributed by atoms with E-state index in [1.165, 1.54) is 12.8 Å². The fourth-order valence-corrected chi connectivity index (χ4v) is 5.22. The summed E-state index contributed by atoms with van der Waals surface area (Å²) in [5, 5.41) is 10.2. The Morgan fingerprint density at radius 1 is 1.08 bits per heavy atom. The van der Waals surface area contributed by atoms with E-state index in [0.717, 1.165) is 91.6 Å². The number of hydrogen-bond acceptors (Lipinski definition) is 8. The highest BCUT2D eigenvalue weighted by Gasteiger charge is 2.30. The Kier molecular flexibility index (Phi) is 6.35. The number of phenols is 1. The number of morpholine rings is 1. The number of aromatic nitrogens is 3. The van der Waals surface area contributed by atoms with E-state index in [-0.39, 0.29) is 5.75 Å². The van der Waals surface area contributed by atoms with Crippen LogP contribution in [-0.4, -0.2) is 66.0 Å². The molecule has 1 aromatic carbocycles. The second kappa shape index (κ2) is 9.93. The smallest absolute Gasteiger partial charge is 0.228 e. The van der Waals surface area contributed by atoms with Crippen LogP contribution in [0.1, 0.15) is 31.7 Å².